The van der Waals surface area contributed by atoms with Crippen LogP contribution in [0.1, 0.15) is 18.7 Å². The number of tetrazole rings is 1. The highest BCUT2D eigenvalue weighted by molar-refractivity contribution is 5.79. The Bertz CT molecular complexity index is 364. The number of rotatable bonds is 3. The fourth-order valence-corrected chi connectivity index (χ4v) is 1.99. The molecule has 1 aromatic heterocycles. The van der Waals surface area contributed by atoms with Crippen molar-refractivity contribution in [2.75, 3.05) is 13.1 Å². The maximum absolute atomic E-state index is 7.40. The molecule has 1 aliphatic heterocycles. The topological polar surface area (TPSA) is 96.7 Å². The zero-order valence-corrected chi connectivity index (χ0v) is 9.43. The van der Waals surface area contributed by atoms with Gasteiger partial charge < -0.3 is 5.73 Å². The van der Waals surface area contributed by atoms with Gasteiger partial charge in [-0.25, -0.2) is 0 Å². The van der Waals surface area contributed by atoms with Gasteiger partial charge in [-0.15, -0.1) is 10.2 Å². The number of aromatic nitrogens is 4. The lowest BCUT2D eigenvalue weighted by molar-refractivity contribution is 0.196. The average molecular weight is 223 g/mol. The number of piperidine rings is 1. The highest BCUT2D eigenvalue weighted by Gasteiger charge is 2.21. The van der Waals surface area contributed by atoms with Gasteiger partial charge in [-0.3, -0.25) is 10.3 Å². The molecule has 0 spiro atoms. The van der Waals surface area contributed by atoms with Gasteiger partial charge in [0.1, 0.15) is 0 Å². The molecule has 2 heterocycles. The summed E-state index contributed by atoms with van der Waals surface area (Å²) < 4.78 is 0. The van der Waals surface area contributed by atoms with Crippen LogP contribution >= 0.6 is 0 Å². The molecular formula is C9H17N7. The molecule has 0 aromatic carbocycles. The van der Waals surface area contributed by atoms with E-state index in [1.807, 2.05) is 0 Å². The average Bonchev–Trinajstić information content (AvgIpc) is 2.65. The first kappa shape index (κ1) is 11.0. The van der Waals surface area contributed by atoms with Crippen molar-refractivity contribution in [3.63, 3.8) is 0 Å². The van der Waals surface area contributed by atoms with Crippen molar-refractivity contribution in [2.45, 2.75) is 19.4 Å². The number of nitrogens with one attached hydrogen (secondary N) is 1. The summed E-state index contributed by atoms with van der Waals surface area (Å²) >= 11 is 0. The van der Waals surface area contributed by atoms with Crippen molar-refractivity contribution in [1.29, 1.82) is 5.41 Å². The van der Waals surface area contributed by atoms with E-state index in [2.05, 4.69) is 20.3 Å². The molecule has 1 aliphatic rings. The largest absolute Gasteiger partial charge is 0.387 e. The molecule has 0 saturated carbocycles. The minimum Gasteiger partial charge on any atom is -0.387 e. The molecule has 0 unspecified atom stereocenters. The van der Waals surface area contributed by atoms with Crippen LogP contribution in [-0.2, 0) is 13.6 Å². The second kappa shape index (κ2) is 4.56. The summed E-state index contributed by atoms with van der Waals surface area (Å²) in [6.45, 7) is 2.63. The Morgan fingerprint density at radius 1 is 1.50 bits per heavy atom. The summed E-state index contributed by atoms with van der Waals surface area (Å²) in [5.41, 5.74) is 5.50. The third-order valence-corrected chi connectivity index (χ3v) is 2.94. The van der Waals surface area contributed by atoms with Gasteiger partial charge in [0.25, 0.3) is 0 Å². The predicted molar refractivity (Wildman–Crippen MR) is 58.7 cm³/mol. The summed E-state index contributed by atoms with van der Waals surface area (Å²) in [4.78, 5) is 3.74. The molecule has 16 heavy (non-hydrogen) atoms. The zero-order valence-electron chi connectivity index (χ0n) is 9.43. The zero-order chi connectivity index (χ0) is 11.5. The van der Waals surface area contributed by atoms with Crippen LogP contribution in [0.3, 0.4) is 0 Å². The SMILES string of the molecule is Cn1nnc(CN2CCC(C(=N)N)CC2)n1. The van der Waals surface area contributed by atoms with E-state index in [9.17, 15) is 0 Å². The number of nitrogens with zero attached hydrogens (tertiary/aromatic N) is 5. The van der Waals surface area contributed by atoms with Gasteiger partial charge in [-0.2, -0.15) is 4.80 Å². The van der Waals surface area contributed by atoms with Gasteiger partial charge >= 0.3 is 0 Å². The maximum atomic E-state index is 7.40. The molecule has 7 nitrogen and oxygen atoms in total. The number of aryl methyl sites for hydroxylation is 1. The molecule has 1 fully saturated rings. The number of amidine groups is 1. The third kappa shape index (κ3) is 2.54. The first-order chi connectivity index (χ1) is 7.65. The van der Waals surface area contributed by atoms with Gasteiger partial charge in [0.15, 0.2) is 5.82 Å². The first-order valence-electron chi connectivity index (χ1n) is 5.44. The van der Waals surface area contributed by atoms with E-state index in [4.69, 9.17) is 11.1 Å². The van der Waals surface area contributed by atoms with Crippen LogP contribution in [0.15, 0.2) is 0 Å². The van der Waals surface area contributed by atoms with E-state index in [0.29, 0.717) is 5.84 Å². The minimum absolute atomic E-state index is 0.256. The monoisotopic (exact) mass is 223 g/mol. The van der Waals surface area contributed by atoms with E-state index in [1.54, 1.807) is 7.05 Å². The van der Waals surface area contributed by atoms with Gasteiger partial charge in [0, 0.05) is 5.92 Å². The van der Waals surface area contributed by atoms with E-state index >= 15 is 0 Å². The van der Waals surface area contributed by atoms with Crippen LogP contribution in [-0.4, -0.2) is 44.0 Å². The molecule has 88 valence electrons. The molecule has 0 radical (unpaired) electrons. The van der Waals surface area contributed by atoms with Crippen molar-refractivity contribution in [3.05, 3.63) is 5.82 Å². The molecule has 7 heteroatoms. The normalized spacial score (nSPS) is 18.8. The molecule has 2 rings (SSSR count). The summed E-state index contributed by atoms with van der Waals surface area (Å²) in [6.07, 6.45) is 1.91. The molecule has 0 bridgehead atoms. The summed E-state index contributed by atoms with van der Waals surface area (Å²) in [6, 6.07) is 0. The molecule has 0 aliphatic carbocycles. The van der Waals surface area contributed by atoms with Crippen LogP contribution in [0.25, 0.3) is 0 Å². The van der Waals surface area contributed by atoms with Gasteiger partial charge in [-0.05, 0) is 31.1 Å². The minimum atomic E-state index is 0.256. The molecular weight excluding hydrogens is 206 g/mol. The number of nitrogens with two attached hydrogens (primary N) is 1. The van der Waals surface area contributed by atoms with Crippen LogP contribution < -0.4 is 5.73 Å². The third-order valence-electron chi connectivity index (χ3n) is 2.94. The van der Waals surface area contributed by atoms with E-state index in [0.717, 1.165) is 38.3 Å². The van der Waals surface area contributed by atoms with Crippen LogP contribution in [0, 0.1) is 11.3 Å². The predicted octanol–water partition coefficient (Wildman–Crippen LogP) is -0.642. The fraction of sp³-hybridized carbons (Fsp3) is 0.778. The number of hydrogen-bond acceptors (Lipinski definition) is 5. The molecule has 1 saturated heterocycles. The summed E-state index contributed by atoms with van der Waals surface area (Å²) in [7, 11) is 1.76. The van der Waals surface area contributed by atoms with Gasteiger partial charge in [0.05, 0.1) is 19.4 Å². The summed E-state index contributed by atoms with van der Waals surface area (Å²) in [5.74, 6) is 1.33. The Hall–Kier alpha value is -1.50. The molecule has 0 amide bonds. The Balaban J connectivity index is 1.83. The van der Waals surface area contributed by atoms with Gasteiger partial charge in [-0.1, -0.05) is 0 Å². The second-order valence-corrected chi connectivity index (χ2v) is 4.20. The van der Waals surface area contributed by atoms with Crippen molar-refractivity contribution < 1.29 is 0 Å². The van der Waals surface area contributed by atoms with Gasteiger partial charge in [0.2, 0.25) is 0 Å². The molecule has 1 aromatic rings. The standard InChI is InChI=1S/C9H17N7/c1-15-13-8(12-14-15)6-16-4-2-7(3-5-16)9(10)11/h7H,2-6H2,1H3,(H3,10,11). The highest BCUT2D eigenvalue weighted by atomic mass is 15.6. The molecule has 0 atom stereocenters. The Kier molecular flexibility index (Phi) is 3.14. The highest BCUT2D eigenvalue weighted by Crippen LogP contribution is 2.17. The lowest BCUT2D eigenvalue weighted by Gasteiger charge is -2.30. The Labute approximate surface area is 94.1 Å². The van der Waals surface area contributed by atoms with Crippen molar-refractivity contribution in [3.8, 4) is 0 Å². The quantitative estimate of drug-likeness (QED) is 0.524. The lowest BCUT2D eigenvalue weighted by Crippen LogP contribution is -2.38. The fourth-order valence-electron chi connectivity index (χ4n) is 1.99. The smallest absolute Gasteiger partial charge is 0.188 e. The Morgan fingerprint density at radius 3 is 2.69 bits per heavy atom. The first-order valence-corrected chi connectivity index (χ1v) is 5.44. The van der Waals surface area contributed by atoms with Crippen LogP contribution in [0.5, 0.6) is 0 Å². The number of hydrogen-bond donors (Lipinski definition) is 2. The number of likely N-dealkylation sites (tertiary alicyclic amines) is 1. The van der Waals surface area contributed by atoms with Crippen molar-refractivity contribution >= 4 is 5.84 Å². The Morgan fingerprint density at radius 2 is 2.19 bits per heavy atom. The summed E-state index contributed by atoms with van der Waals surface area (Å²) in [5, 5.41) is 19.3. The van der Waals surface area contributed by atoms with Crippen LogP contribution in [0.4, 0.5) is 0 Å². The lowest BCUT2D eigenvalue weighted by atomic mass is 9.96. The van der Waals surface area contributed by atoms with E-state index in [-0.39, 0.29) is 5.92 Å². The van der Waals surface area contributed by atoms with E-state index < -0.39 is 0 Å². The maximum Gasteiger partial charge on any atom is 0.188 e. The molecule has 3 N–H and O–H groups in total. The second-order valence-electron chi connectivity index (χ2n) is 4.20. The van der Waals surface area contributed by atoms with Crippen molar-refractivity contribution in [2.24, 2.45) is 18.7 Å². The van der Waals surface area contributed by atoms with Crippen molar-refractivity contribution in [1.82, 2.24) is 25.1 Å². The van der Waals surface area contributed by atoms with Crippen LogP contribution in [0.2, 0.25) is 0 Å². The van der Waals surface area contributed by atoms with E-state index in [1.165, 1.54) is 4.80 Å².